The zero-order chi connectivity index (χ0) is 18.9. The number of alkyl halides is 1. The fourth-order valence-electron chi connectivity index (χ4n) is 3.43. The summed E-state index contributed by atoms with van der Waals surface area (Å²) in [5.74, 6) is 0.662. The number of aromatic nitrogens is 4. The molecule has 3 aromatic heterocycles. The van der Waals surface area contributed by atoms with Crippen molar-refractivity contribution in [1.82, 2.24) is 25.1 Å². The van der Waals surface area contributed by atoms with E-state index < -0.39 is 5.67 Å². The van der Waals surface area contributed by atoms with Crippen LogP contribution in [0.3, 0.4) is 0 Å². The topological polar surface area (TPSA) is 67.7 Å². The van der Waals surface area contributed by atoms with Crippen LogP contribution < -0.4 is 10.6 Å². The zero-order valence-corrected chi connectivity index (χ0v) is 15.7. The van der Waals surface area contributed by atoms with Crippen LogP contribution in [0.2, 0.25) is 0 Å². The maximum Gasteiger partial charge on any atom is 0.140 e. The molecule has 1 aliphatic rings. The van der Waals surface area contributed by atoms with Crippen LogP contribution in [0.5, 0.6) is 0 Å². The number of piperidine rings is 1. The summed E-state index contributed by atoms with van der Waals surface area (Å²) in [6, 6.07) is 6.07. The van der Waals surface area contributed by atoms with Crippen molar-refractivity contribution in [1.29, 1.82) is 0 Å². The summed E-state index contributed by atoms with van der Waals surface area (Å²) in [7, 11) is 0. The molecule has 0 unspecified atom stereocenters. The molecule has 1 saturated heterocycles. The highest BCUT2D eigenvalue weighted by molar-refractivity contribution is 5.91. The Kier molecular flexibility index (Phi) is 4.78. The van der Waals surface area contributed by atoms with Gasteiger partial charge < -0.3 is 10.6 Å². The molecule has 7 heteroatoms. The molecule has 0 aliphatic carbocycles. The van der Waals surface area contributed by atoms with Crippen LogP contribution >= 0.6 is 0 Å². The van der Waals surface area contributed by atoms with Crippen LogP contribution in [-0.2, 0) is 0 Å². The van der Waals surface area contributed by atoms with E-state index in [1.54, 1.807) is 6.20 Å². The van der Waals surface area contributed by atoms with Gasteiger partial charge in [0.1, 0.15) is 11.5 Å². The fourth-order valence-corrected chi connectivity index (χ4v) is 3.43. The predicted molar refractivity (Wildman–Crippen MR) is 106 cm³/mol. The Morgan fingerprint density at radius 3 is 3.04 bits per heavy atom. The van der Waals surface area contributed by atoms with Gasteiger partial charge in [-0.1, -0.05) is 0 Å². The van der Waals surface area contributed by atoms with E-state index in [0.29, 0.717) is 18.8 Å². The Labute approximate surface area is 158 Å². The van der Waals surface area contributed by atoms with Crippen molar-refractivity contribution in [2.75, 3.05) is 25.0 Å². The number of rotatable bonds is 5. The molecule has 0 saturated carbocycles. The van der Waals surface area contributed by atoms with Gasteiger partial charge in [-0.3, -0.25) is 9.67 Å². The Morgan fingerprint density at radius 1 is 1.41 bits per heavy atom. The van der Waals surface area contributed by atoms with E-state index in [9.17, 15) is 4.39 Å². The van der Waals surface area contributed by atoms with E-state index in [4.69, 9.17) is 4.98 Å². The summed E-state index contributed by atoms with van der Waals surface area (Å²) in [4.78, 5) is 9.24. The summed E-state index contributed by atoms with van der Waals surface area (Å²) in [5, 5.41) is 11.7. The summed E-state index contributed by atoms with van der Waals surface area (Å²) in [5.41, 5.74) is 1.28. The highest BCUT2D eigenvalue weighted by atomic mass is 19.1. The number of anilines is 1. The second kappa shape index (κ2) is 7.23. The van der Waals surface area contributed by atoms with Gasteiger partial charge in [0.2, 0.25) is 0 Å². The first-order valence-electron chi connectivity index (χ1n) is 9.48. The fraction of sp³-hybridized carbons (Fsp3) is 0.450. The SMILES string of the molecule is CC(C)n1cc(-c2cc3ncccc3c(NC[C@]3(F)CCCNC3)n2)cn1. The van der Waals surface area contributed by atoms with Crippen molar-refractivity contribution in [3.63, 3.8) is 0 Å². The van der Waals surface area contributed by atoms with Crippen LogP contribution in [0, 0.1) is 0 Å². The smallest absolute Gasteiger partial charge is 0.140 e. The molecule has 1 atom stereocenters. The van der Waals surface area contributed by atoms with Crippen molar-refractivity contribution < 1.29 is 4.39 Å². The van der Waals surface area contributed by atoms with Crippen LogP contribution in [0.25, 0.3) is 22.2 Å². The lowest BCUT2D eigenvalue weighted by Crippen LogP contribution is -2.46. The standard InChI is InChI=1S/C20H25FN6/c1-14(2)27-11-15(10-25-27)17-9-18-16(5-3-8-23-18)19(26-17)24-13-20(21)6-4-7-22-12-20/h3,5,8-11,14,22H,4,6-7,12-13H2,1-2H3,(H,24,26)/t20-/m0/s1. The minimum absolute atomic E-state index is 0.228. The largest absolute Gasteiger partial charge is 0.366 e. The van der Waals surface area contributed by atoms with E-state index in [-0.39, 0.29) is 12.6 Å². The molecule has 0 bridgehead atoms. The van der Waals surface area contributed by atoms with Gasteiger partial charge >= 0.3 is 0 Å². The van der Waals surface area contributed by atoms with Crippen molar-refractivity contribution in [2.45, 2.75) is 38.4 Å². The molecular formula is C20H25FN6. The molecule has 142 valence electrons. The number of nitrogens with zero attached hydrogens (tertiary/aromatic N) is 4. The van der Waals surface area contributed by atoms with Gasteiger partial charge in [0, 0.05) is 35.9 Å². The first-order chi connectivity index (χ1) is 13.0. The molecule has 3 aromatic rings. The van der Waals surface area contributed by atoms with Gasteiger partial charge in [-0.15, -0.1) is 0 Å². The molecule has 1 aliphatic heterocycles. The van der Waals surface area contributed by atoms with Gasteiger partial charge in [-0.25, -0.2) is 9.37 Å². The monoisotopic (exact) mass is 368 g/mol. The lowest BCUT2D eigenvalue weighted by Gasteiger charge is -2.30. The number of pyridine rings is 2. The molecule has 2 N–H and O–H groups in total. The minimum atomic E-state index is -1.26. The molecule has 0 spiro atoms. The van der Waals surface area contributed by atoms with Crippen molar-refractivity contribution >= 4 is 16.7 Å². The average Bonchev–Trinajstić information content (AvgIpc) is 3.17. The summed E-state index contributed by atoms with van der Waals surface area (Å²) in [6.07, 6.45) is 6.96. The lowest BCUT2D eigenvalue weighted by atomic mass is 9.96. The molecule has 0 radical (unpaired) electrons. The Hall–Kier alpha value is -2.54. The Bertz CT molecular complexity index is 929. The second-order valence-electron chi connectivity index (χ2n) is 7.51. The van der Waals surface area contributed by atoms with E-state index in [2.05, 4.69) is 34.6 Å². The van der Waals surface area contributed by atoms with Crippen molar-refractivity contribution in [3.8, 4) is 11.3 Å². The van der Waals surface area contributed by atoms with Crippen LogP contribution in [0.1, 0.15) is 32.7 Å². The lowest BCUT2D eigenvalue weighted by molar-refractivity contribution is 0.137. The number of nitrogens with one attached hydrogen (secondary N) is 2. The average molecular weight is 368 g/mol. The summed E-state index contributed by atoms with van der Waals surface area (Å²) < 4.78 is 16.9. The van der Waals surface area contributed by atoms with Crippen molar-refractivity contribution in [3.05, 3.63) is 36.8 Å². The van der Waals surface area contributed by atoms with E-state index >= 15 is 0 Å². The van der Waals surface area contributed by atoms with Crippen LogP contribution in [0.15, 0.2) is 36.8 Å². The van der Waals surface area contributed by atoms with E-state index in [1.807, 2.05) is 35.3 Å². The van der Waals surface area contributed by atoms with E-state index in [0.717, 1.165) is 35.1 Å². The predicted octanol–water partition coefficient (Wildman–Crippen LogP) is 3.58. The highest BCUT2D eigenvalue weighted by Crippen LogP contribution is 2.28. The maximum atomic E-state index is 15.0. The Morgan fingerprint density at radius 2 is 2.30 bits per heavy atom. The molecule has 27 heavy (non-hydrogen) atoms. The first-order valence-corrected chi connectivity index (χ1v) is 9.48. The molecule has 0 amide bonds. The summed E-state index contributed by atoms with van der Waals surface area (Å²) >= 11 is 0. The van der Waals surface area contributed by atoms with Gasteiger partial charge in [0.25, 0.3) is 0 Å². The van der Waals surface area contributed by atoms with Crippen LogP contribution in [0.4, 0.5) is 10.2 Å². The van der Waals surface area contributed by atoms with Gasteiger partial charge in [-0.2, -0.15) is 5.10 Å². The van der Waals surface area contributed by atoms with Crippen LogP contribution in [-0.4, -0.2) is 45.1 Å². The van der Waals surface area contributed by atoms with E-state index in [1.165, 1.54) is 0 Å². The second-order valence-corrected chi connectivity index (χ2v) is 7.51. The molecule has 0 aromatic carbocycles. The molecule has 1 fully saturated rings. The number of halogens is 1. The number of hydrogen-bond donors (Lipinski definition) is 2. The minimum Gasteiger partial charge on any atom is -0.366 e. The number of fused-ring (bicyclic) bond motifs is 1. The van der Waals surface area contributed by atoms with Gasteiger partial charge in [0.05, 0.1) is 24.0 Å². The number of hydrogen-bond acceptors (Lipinski definition) is 5. The van der Waals surface area contributed by atoms with Gasteiger partial charge in [-0.05, 0) is 51.4 Å². The normalized spacial score (nSPS) is 20.3. The first kappa shape index (κ1) is 17.9. The third-order valence-corrected chi connectivity index (χ3v) is 5.02. The summed E-state index contributed by atoms with van der Waals surface area (Å²) in [6.45, 7) is 5.64. The Balaban J connectivity index is 1.67. The van der Waals surface area contributed by atoms with Gasteiger partial charge in [0.15, 0.2) is 0 Å². The third-order valence-electron chi connectivity index (χ3n) is 5.02. The molecule has 6 nitrogen and oxygen atoms in total. The molecule has 4 rings (SSSR count). The zero-order valence-electron chi connectivity index (χ0n) is 15.7. The third kappa shape index (κ3) is 3.78. The maximum absolute atomic E-state index is 15.0. The quantitative estimate of drug-likeness (QED) is 0.720. The molecular weight excluding hydrogens is 343 g/mol. The molecule has 4 heterocycles. The van der Waals surface area contributed by atoms with Crippen molar-refractivity contribution in [2.24, 2.45) is 0 Å². The highest BCUT2D eigenvalue weighted by Gasteiger charge is 2.31.